The Bertz CT molecular complexity index is 443. The van der Waals surface area contributed by atoms with E-state index in [1.54, 1.807) is 6.92 Å². The predicted octanol–water partition coefficient (Wildman–Crippen LogP) is 0.470. The van der Waals surface area contributed by atoms with Crippen molar-refractivity contribution in [1.82, 2.24) is 25.4 Å². The van der Waals surface area contributed by atoms with Crippen molar-refractivity contribution >= 4 is 5.91 Å². The van der Waals surface area contributed by atoms with Crippen molar-refractivity contribution in [2.24, 2.45) is 0 Å². The fourth-order valence-electron chi connectivity index (χ4n) is 3.09. The van der Waals surface area contributed by atoms with Gasteiger partial charge in [-0.15, -0.1) is 5.10 Å². The minimum absolute atomic E-state index is 0.156. The second-order valence-electron chi connectivity index (χ2n) is 5.21. The molecule has 98 valence electrons. The molecule has 1 aromatic rings. The normalized spacial score (nSPS) is 28.1. The van der Waals surface area contributed by atoms with Crippen LogP contribution in [0.25, 0.3) is 0 Å². The van der Waals surface area contributed by atoms with Gasteiger partial charge >= 0.3 is 0 Å². The van der Waals surface area contributed by atoms with E-state index in [0.29, 0.717) is 11.9 Å². The third-order valence-electron chi connectivity index (χ3n) is 3.97. The molecule has 2 aliphatic rings. The van der Waals surface area contributed by atoms with Gasteiger partial charge in [-0.1, -0.05) is 6.42 Å². The number of fused-ring (bicyclic) bond motifs is 1. The fraction of sp³-hybridized carbons (Fsp3) is 0.750. The van der Waals surface area contributed by atoms with Gasteiger partial charge in [0.05, 0.1) is 0 Å². The van der Waals surface area contributed by atoms with E-state index < -0.39 is 0 Å². The Morgan fingerprint density at radius 1 is 1.39 bits per heavy atom. The molecular formula is C12H19N5O. The number of carbonyl (C=O) groups is 1. The van der Waals surface area contributed by atoms with E-state index >= 15 is 0 Å². The first kappa shape index (κ1) is 11.6. The minimum Gasteiger partial charge on any atom is -0.345 e. The van der Waals surface area contributed by atoms with Gasteiger partial charge in [-0.3, -0.25) is 14.8 Å². The smallest absolute Gasteiger partial charge is 0.291 e. The first-order chi connectivity index (χ1) is 8.74. The molecule has 2 fully saturated rings. The first-order valence-electron chi connectivity index (χ1n) is 6.68. The van der Waals surface area contributed by atoms with Crippen LogP contribution in [-0.4, -0.2) is 51.2 Å². The maximum atomic E-state index is 12.0. The number of rotatable bonds is 2. The van der Waals surface area contributed by atoms with Crippen LogP contribution in [0.5, 0.6) is 0 Å². The number of piperidine rings is 1. The summed E-state index contributed by atoms with van der Waals surface area (Å²) in [5.41, 5.74) is 0. The first-order valence-corrected chi connectivity index (χ1v) is 6.68. The van der Waals surface area contributed by atoms with Crippen LogP contribution in [0.4, 0.5) is 0 Å². The molecule has 0 spiro atoms. The van der Waals surface area contributed by atoms with Crippen LogP contribution < -0.4 is 5.32 Å². The van der Waals surface area contributed by atoms with Gasteiger partial charge in [0.15, 0.2) is 0 Å². The summed E-state index contributed by atoms with van der Waals surface area (Å²) in [6.07, 6.45) is 4.79. The zero-order valence-electron chi connectivity index (χ0n) is 10.6. The number of hydrogen-bond acceptors (Lipinski definition) is 4. The molecule has 6 heteroatoms. The summed E-state index contributed by atoms with van der Waals surface area (Å²) < 4.78 is 0. The highest BCUT2D eigenvalue weighted by molar-refractivity contribution is 5.90. The van der Waals surface area contributed by atoms with E-state index in [1.165, 1.54) is 25.8 Å². The van der Waals surface area contributed by atoms with Gasteiger partial charge < -0.3 is 5.32 Å². The molecule has 0 bridgehead atoms. The largest absolute Gasteiger partial charge is 0.345 e. The monoisotopic (exact) mass is 249 g/mol. The van der Waals surface area contributed by atoms with Gasteiger partial charge in [0.2, 0.25) is 5.82 Å². The average molecular weight is 249 g/mol. The van der Waals surface area contributed by atoms with Crippen LogP contribution in [0.15, 0.2) is 0 Å². The summed E-state index contributed by atoms with van der Waals surface area (Å²) in [6.45, 7) is 4.07. The number of aromatic amines is 1. The number of aromatic nitrogens is 3. The summed E-state index contributed by atoms with van der Waals surface area (Å²) in [5, 5.41) is 9.68. The van der Waals surface area contributed by atoms with Gasteiger partial charge in [-0.05, 0) is 32.7 Å². The van der Waals surface area contributed by atoms with Crippen LogP contribution in [0.3, 0.4) is 0 Å². The molecule has 1 aromatic heterocycles. The van der Waals surface area contributed by atoms with Gasteiger partial charge in [-0.25, -0.2) is 4.98 Å². The van der Waals surface area contributed by atoms with E-state index in [4.69, 9.17) is 0 Å². The maximum absolute atomic E-state index is 12.0. The molecule has 0 aromatic carbocycles. The third-order valence-corrected chi connectivity index (χ3v) is 3.97. The number of carbonyl (C=O) groups excluding carboxylic acids is 1. The number of amides is 1. The van der Waals surface area contributed by atoms with Crippen LogP contribution in [0.2, 0.25) is 0 Å². The lowest BCUT2D eigenvalue weighted by atomic mass is 9.99. The number of aryl methyl sites for hydroxylation is 1. The lowest BCUT2D eigenvalue weighted by molar-refractivity contribution is 0.0905. The molecule has 6 nitrogen and oxygen atoms in total. The topological polar surface area (TPSA) is 73.9 Å². The average Bonchev–Trinajstić information content (AvgIpc) is 2.97. The molecule has 2 atom stereocenters. The highest BCUT2D eigenvalue weighted by Crippen LogP contribution is 2.27. The highest BCUT2D eigenvalue weighted by Gasteiger charge is 2.36. The summed E-state index contributed by atoms with van der Waals surface area (Å²) >= 11 is 0. The van der Waals surface area contributed by atoms with Gasteiger partial charge in [-0.2, -0.15) is 0 Å². The molecule has 0 radical (unpaired) electrons. The SMILES string of the molecule is Cc1nc(C(=O)NC2CCN3CCCCC23)n[nH]1. The molecule has 2 unspecified atom stereocenters. The van der Waals surface area contributed by atoms with Gasteiger partial charge in [0, 0.05) is 18.6 Å². The molecule has 1 amide bonds. The number of nitrogens with zero attached hydrogens (tertiary/aromatic N) is 3. The summed E-state index contributed by atoms with van der Waals surface area (Å²) in [6, 6.07) is 0.777. The minimum atomic E-state index is -0.156. The molecule has 2 aliphatic heterocycles. The molecule has 2 saturated heterocycles. The van der Waals surface area contributed by atoms with Crippen LogP contribution >= 0.6 is 0 Å². The summed E-state index contributed by atoms with van der Waals surface area (Å²) in [5.74, 6) is 0.768. The molecular weight excluding hydrogens is 230 g/mol. The molecule has 0 saturated carbocycles. The lowest BCUT2D eigenvalue weighted by Gasteiger charge is -2.32. The second kappa shape index (κ2) is 4.68. The zero-order chi connectivity index (χ0) is 12.5. The molecule has 3 rings (SSSR count). The van der Waals surface area contributed by atoms with Crippen molar-refractivity contribution in [3.8, 4) is 0 Å². The summed E-state index contributed by atoms with van der Waals surface area (Å²) in [4.78, 5) is 18.6. The fourth-order valence-corrected chi connectivity index (χ4v) is 3.09. The molecule has 2 N–H and O–H groups in total. The molecule has 18 heavy (non-hydrogen) atoms. The van der Waals surface area contributed by atoms with E-state index in [2.05, 4.69) is 25.4 Å². The van der Waals surface area contributed by atoms with Crippen molar-refractivity contribution in [1.29, 1.82) is 0 Å². The van der Waals surface area contributed by atoms with E-state index in [0.717, 1.165) is 13.0 Å². The van der Waals surface area contributed by atoms with E-state index in [-0.39, 0.29) is 17.8 Å². The molecule has 3 heterocycles. The number of hydrogen-bond donors (Lipinski definition) is 2. The van der Waals surface area contributed by atoms with Crippen LogP contribution in [0.1, 0.15) is 42.1 Å². The molecule has 0 aliphatic carbocycles. The van der Waals surface area contributed by atoms with Gasteiger partial charge in [0.1, 0.15) is 5.82 Å². The van der Waals surface area contributed by atoms with Crippen LogP contribution in [-0.2, 0) is 0 Å². The third kappa shape index (κ3) is 2.12. The highest BCUT2D eigenvalue weighted by atomic mass is 16.2. The van der Waals surface area contributed by atoms with Crippen molar-refractivity contribution in [3.05, 3.63) is 11.6 Å². The zero-order valence-corrected chi connectivity index (χ0v) is 10.6. The maximum Gasteiger partial charge on any atom is 0.291 e. The Morgan fingerprint density at radius 3 is 3.06 bits per heavy atom. The quantitative estimate of drug-likeness (QED) is 0.799. The Hall–Kier alpha value is -1.43. The summed E-state index contributed by atoms with van der Waals surface area (Å²) in [7, 11) is 0. The second-order valence-corrected chi connectivity index (χ2v) is 5.21. The Kier molecular flexibility index (Phi) is 3.03. The number of nitrogens with one attached hydrogen (secondary N) is 2. The van der Waals surface area contributed by atoms with Crippen molar-refractivity contribution in [2.45, 2.75) is 44.7 Å². The van der Waals surface area contributed by atoms with E-state index in [9.17, 15) is 4.79 Å². The van der Waals surface area contributed by atoms with Crippen molar-refractivity contribution < 1.29 is 4.79 Å². The van der Waals surface area contributed by atoms with Crippen molar-refractivity contribution in [3.63, 3.8) is 0 Å². The predicted molar refractivity (Wildman–Crippen MR) is 66.2 cm³/mol. The Balaban J connectivity index is 1.64. The number of H-pyrrole nitrogens is 1. The standard InChI is InChI=1S/C12H19N5O/c1-8-13-11(16-15-8)12(18)14-9-5-7-17-6-3-2-4-10(9)17/h9-10H,2-7H2,1H3,(H,14,18)(H,13,15,16). The van der Waals surface area contributed by atoms with Crippen molar-refractivity contribution in [2.75, 3.05) is 13.1 Å². The Morgan fingerprint density at radius 2 is 2.28 bits per heavy atom. The Labute approximate surface area is 106 Å². The van der Waals surface area contributed by atoms with Crippen LogP contribution in [0, 0.1) is 6.92 Å². The van der Waals surface area contributed by atoms with E-state index in [1.807, 2.05) is 0 Å². The van der Waals surface area contributed by atoms with Gasteiger partial charge in [0.25, 0.3) is 5.91 Å². The lowest BCUT2D eigenvalue weighted by Crippen LogP contribution is -2.47.